The van der Waals surface area contributed by atoms with Crippen LogP contribution in [0.5, 0.6) is 0 Å². The second-order valence-electron chi connectivity index (χ2n) is 4.21. The van der Waals surface area contributed by atoms with E-state index >= 15 is 0 Å². The van der Waals surface area contributed by atoms with Crippen molar-refractivity contribution in [3.63, 3.8) is 0 Å². The van der Waals surface area contributed by atoms with Crippen molar-refractivity contribution in [2.45, 2.75) is 18.4 Å². The molecule has 0 aliphatic carbocycles. The lowest BCUT2D eigenvalue weighted by atomic mass is 10.3. The molecule has 0 fully saturated rings. The maximum absolute atomic E-state index is 12.1. The zero-order valence-corrected chi connectivity index (χ0v) is 12.1. The molecule has 0 amide bonds. The molecule has 7 heteroatoms. The molecule has 0 saturated heterocycles. The van der Waals surface area contributed by atoms with E-state index in [4.69, 9.17) is 9.52 Å². The van der Waals surface area contributed by atoms with Crippen LogP contribution < -0.4 is 4.72 Å². The summed E-state index contributed by atoms with van der Waals surface area (Å²) in [5.41, 5.74) is 0.417. The van der Waals surface area contributed by atoms with Crippen LogP contribution in [-0.2, 0) is 16.6 Å². The van der Waals surface area contributed by atoms with Gasteiger partial charge >= 0.3 is 0 Å². The van der Waals surface area contributed by atoms with E-state index < -0.39 is 10.0 Å². The third kappa shape index (κ3) is 4.16. The van der Waals surface area contributed by atoms with Gasteiger partial charge in [-0.2, -0.15) is 0 Å². The second-order valence-corrected chi connectivity index (χ2v) is 5.97. The van der Waals surface area contributed by atoms with Gasteiger partial charge in [0, 0.05) is 18.0 Å². The van der Waals surface area contributed by atoms with E-state index in [0.717, 1.165) is 0 Å². The van der Waals surface area contributed by atoms with Crippen LogP contribution in [0.3, 0.4) is 0 Å². The van der Waals surface area contributed by atoms with Crippen molar-refractivity contribution in [2.24, 2.45) is 0 Å². The van der Waals surface area contributed by atoms with E-state index in [1.807, 2.05) is 0 Å². The molecule has 2 heterocycles. The fourth-order valence-electron chi connectivity index (χ4n) is 1.61. The lowest BCUT2D eigenvalue weighted by Gasteiger charge is -2.05. The van der Waals surface area contributed by atoms with E-state index in [-0.39, 0.29) is 18.0 Å². The largest absolute Gasteiger partial charge is 0.465 e. The summed E-state index contributed by atoms with van der Waals surface area (Å²) >= 11 is 0. The summed E-state index contributed by atoms with van der Waals surface area (Å²) < 4.78 is 32.0. The number of aromatic nitrogens is 1. The molecule has 2 N–H and O–H groups in total. The Hall–Kier alpha value is -2.14. The molecule has 2 rings (SSSR count). The standard InChI is InChI=1S/C14H14N2O4S/c1-11-4-5-13(20-11)9-16-21(18,19)14-7-12(3-2-6-17)8-15-10-14/h4-5,7-8,10,16-17H,6,9H2,1H3. The molecule has 2 aromatic rings. The third-order valence-electron chi connectivity index (χ3n) is 2.57. The van der Waals surface area contributed by atoms with Gasteiger partial charge in [0.05, 0.1) is 6.54 Å². The van der Waals surface area contributed by atoms with Crippen LogP contribution in [0.4, 0.5) is 0 Å². The average molecular weight is 306 g/mol. The van der Waals surface area contributed by atoms with Gasteiger partial charge in [0.2, 0.25) is 10.0 Å². The number of pyridine rings is 1. The number of aliphatic hydroxyl groups excluding tert-OH is 1. The molecule has 0 saturated carbocycles. The van der Waals surface area contributed by atoms with E-state index in [1.54, 1.807) is 19.1 Å². The van der Waals surface area contributed by atoms with Crippen molar-refractivity contribution in [3.05, 3.63) is 47.7 Å². The third-order valence-corrected chi connectivity index (χ3v) is 3.94. The molecule has 0 atom stereocenters. The van der Waals surface area contributed by atoms with Crippen molar-refractivity contribution >= 4 is 10.0 Å². The summed E-state index contributed by atoms with van der Waals surface area (Å²) in [6.07, 6.45) is 2.66. The average Bonchev–Trinajstić information content (AvgIpc) is 2.89. The van der Waals surface area contributed by atoms with E-state index in [9.17, 15) is 8.42 Å². The van der Waals surface area contributed by atoms with Crippen LogP contribution in [0.2, 0.25) is 0 Å². The first-order chi connectivity index (χ1) is 10.0. The lowest BCUT2D eigenvalue weighted by Crippen LogP contribution is -2.23. The Morgan fingerprint density at radius 3 is 2.86 bits per heavy atom. The highest BCUT2D eigenvalue weighted by Gasteiger charge is 2.15. The molecule has 0 radical (unpaired) electrons. The SMILES string of the molecule is Cc1ccc(CNS(=O)(=O)c2cncc(C#CCO)c2)o1. The van der Waals surface area contributed by atoms with Crippen molar-refractivity contribution in [2.75, 3.05) is 6.61 Å². The summed E-state index contributed by atoms with van der Waals surface area (Å²) in [5.74, 6) is 6.29. The van der Waals surface area contributed by atoms with Gasteiger partial charge in [-0.1, -0.05) is 11.8 Å². The number of hydrogen-bond acceptors (Lipinski definition) is 5. The van der Waals surface area contributed by atoms with Crippen molar-refractivity contribution < 1.29 is 17.9 Å². The Bertz CT molecular complexity index is 785. The van der Waals surface area contributed by atoms with Gasteiger partial charge in [-0.25, -0.2) is 13.1 Å². The maximum atomic E-state index is 12.1. The number of sulfonamides is 1. The van der Waals surface area contributed by atoms with Crippen LogP contribution in [0.15, 0.2) is 39.9 Å². The Morgan fingerprint density at radius 1 is 1.38 bits per heavy atom. The highest BCUT2D eigenvalue weighted by Crippen LogP contribution is 2.11. The van der Waals surface area contributed by atoms with E-state index in [1.165, 1.54) is 18.5 Å². The maximum Gasteiger partial charge on any atom is 0.242 e. The van der Waals surface area contributed by atoms with Gasteiger partial charge in [-0.05, 0) is 25.1 Å². The second kappa shape index (κ2) is 6.54. The first kappa shape index (κ1) is 15.3. The van der Waals surface area contributed by atoms with Crippen molar-refractivity contribution in [1.29, 1.82) is 0 Å². The summed E-state index contributed by atoms with van der Waals surface area (Å²) in [5, 5.41) is 8.63. The highest BCUT2D eigenvalue weighted by molar-refractivity contribution is 7.89. The van der Waals surface area contributed by atoms with Gasteiger partial charge in [-0.15, -0.1) is 0 Å². The molecule has 0 aliphatic heterocycles. The van der Waals surface area contributed by atoms with Crippen LogP contribution in [0, 0.1) is 18.8 Å². The molecule has 0 bridgehead atoms. The topological polar surface area (TPSA) is 92.4 Å². The molecule has 0 aliphatic rings. The van der Waals surface area contributed by atoms with Crippen LogP contribution in [-0.4, -0.2) is 25.1 Å². The van der Waals surface area contributed by atoms with Gasteiger partial charge in [0.1, 0.15) is 23.0 Å². The summed E-state index contributed by atoms with van der Waals surface area (Å²) in [4.78, 5) is 3.85. The minimum atomic E-state index is -3.70. The molecule has 0 unspecified atom stereocenters. The summed E-state index contributed by atoms with van der Waals surface area (Å²) in [6, 6.07) is 4.86. The molecular formula is C14H14N2O4S. The van der Waals surface area contributed by atoms with Gasteiger partial charge in [0.25, 0.3) is 0 Å². The number of nitrogens with zero attached hydrogens (tertiary/aromatic N) is 1. The molecular weight excluding hydrogens is 292 g/mol. The normalized spacial score (nSPS) is 11.0. The monoisotopic (exact) mass is 306 g/mol. The zero-order valence-electron chi connectivity index (χ0n) is 11.3. The van der Waals surface area contributed by atoms with Crippen LogP contribution >= 0.6 is 0 Å². The van der Waals surface area contributed by atoms with Gasteiger partial charge in [0.15, 0.2) is 0 Å². The Labute approximate surface area is 122 Å². The fourth-order valence-corrected chi connectivity index (χ4v) is 2.59. The van der Waals surface area contributed by atoms with Crippen molar-refractivity contribution in [1.82, 2.24) is 9.71 Å². The molecule has 2 aromatic heterocycles. The summed E-state index contributed by atoms with van der Waals surface area (Å²) in [6.45, 7) is 1.54. The van der Waals surface area contributed by atoms with E-state index in [2.05, 4.69) is 21.5 Å². The fraction of sp³-hybridized carbons (Fsp3) is 0.214. The van der Waals surface area contributed by atoms with Gasteiger partial charge < -0.3 is 9.52 Å². The van der Waals surface area contributed by atoms with Crippen LogP contribution in [0.25, 0.3) is 0 Å². The number of aliphatic hydroxyl groups is 1. The van der Waals surface area contributed by atoms with E-state index in [0.29, 0.717) is 17.1 Å². The number of rotatable bonds is 4. The molecule has 0 spiro atoms. The molecule has 110 valence electrons. The number of hydrogen-bond donors (Lipinski definition) is 2. The Morgan fingerprint density at radius 2 is 2.19 bits per heavy atom. The number of furan rings is 1. The highest BCUT2D eigenvalue weighted by atomic mass is 32.2. The lowest BCUT2D eigenvalue weighted by molar-refractivity contribution is 0.350. The first-order valence-electron chi connectivity index (χ1n) is 6.11. The minimum absolute atomic E-state index is 0.00974. The van der Waals surface area contributed by atoms with Crippen molar-refractivity contribution in [3.8, 4) is 11.8 Å². The van der Waals surface area contributed by atoms with Gasteiger partial charge in [-0.3, -0.25) is 4.98 Å². The predicted octanol–water partition coefficient (Wildman–Crippen LogP) is 0.805. The minimum Gasteiger partial charge on any atom is -0.465 e. The molecule has 0 aromatic carbocycles. The predicted molar refractivity (Wildman–Crippen MR) is 75.7 cm³/mol. The smallest absolute Gasteiger partial charge is 0.242 e. The molecule has 21 heavy (non-hydrogen) atoms. The Kier molecular flexibility index (Phi) is 4.75. The summed E-state index contributed by atoms with van der Waals surface area (Å²) in [7, 11) is -3.70. The number of nitrogens with one attached hydrogen (secondary N) is 1. The number of aryl methyl sites for hydroxylation is 1. The van der Waals surface area contributed by atoms with Crippen LogP contribution in [0.1, 0.15) is 17.1 Å². The molecule has 6 nitrogen and oxygen atoms in total. The quantitative estimate of drug-likeness (QED) is 0.815. The first-order valence-corrected chi connectivity index (χ1v) is 7.59. The Balaban J connectivity index is 2.15. The zero-order chi connectivity index (χ0) is 15.3.